The number of amides is 1. The molecule has 0 saturated heterocycles. The molecule has 0 aliphatic rings. The Kier molecular flexibility index (Phi) is 6.64. The van der Waals surface area contributed by atoms with Crippen molar-refractivity contribution in [2.75, 3.05) is 11.1 Å². The summed E-state index contributed by atoms with van der Waals surface area (Å²) in [5.74, 6) is -0.778. The highest BCUT2D eigenvalue weighted by molar-refractivity contribution is 9.11. The number of nitrogens with two attached hydrogens (primary N) is 1. The molecular weight excluding hydrogens is 452 g/mol. The van der Waals surface area contributed by atoms with E-state index in [4.69, 9.17) is 5.73 Å². The number of phenolic OH excluding ortho intramolecular Hbond substituents is 1. The molecule has 5 nitrogen and oxygen atoms in total. The summed E-state index contributed by atoms with van der Waals surface area (Å²) in [6.07, 6.45) is 1.94. The summed E-state index contributed by atoms with van der Waals surface area (Å²) in [5.41, 5.74) is 7.15. The minimum absolute atomic E-state index is 0.0301. The van der Waals surface area contributed by atoms with E-state index in [9.17, 15) is 15.0 Å². The fourth-order valence-electron chi connectivity index (χ4n) is 2.22. The average Bonchev–Trinajstić information content (AvgIpc) is 2.57. The summed E-state index contributed by atoms with van der Waals surface area (Å²) in [4.78, 5) is 12.0. The van der Waals surface area contributed by atoms with E-state index in [1.54, 1.807) is 49.4 Å². The zero-order valence-corrected chi connectivity index (χ0v) is 16.6. The molecule has 2 aromatic carbocycles. The Bertz CT molecular complexity index is 809. The lowest BCUT2D eigenvalue weighted by Gasteiger charge is -2.18. The van der Waals surface area contributed by atoms with Gasteiger partial charge in [0.15, 0.2) is 0 Å². The van der Waals surface area contributed by atoms with Crippen molar-refractivity contribution < 1.29 is 15.0 Å². The first-order valence-corrected chi connectivity index (χ1v) is 9.08. The molecule has 2 atom stereocenters. The van der Waals surface area contributed by atoms with Gasteiger partial charge in [-0.15, -0.1) is 0 Å². The van der Waals surface area contributed by atoms with E-state index < -0.39 is 12.0 Å². The van der Waals surface area contributed by atoms with E-state index in [2.05, 4.69) is 37.2 Å². The highest BCUT2D eigenvalue weighted by Gasteiger charge is 2.20. The van der Waals surface area contributed by atoms with Crippen molar-refractivity contribution in [3.05, 3.63) is 63.1 Å². The van der Waals surface area contributed by atoms with Gasteiger partial charge in [-0.25, -0.2) is 0 Å². The van der Waals surface area contributed by atoms with Gasteiger partial charge in [0, 0.05) is 16.0 Å². The Morgan fingerprint density at radius 3 is 2.64 bits per heavy atom. The van der Waals surface area contributed by atoms with E-state index in [1.807, 2.05) is 0 Å². The number of hydrogen-bond donors (Lipinski definition) is 4. The molecule has 5 N–H and O–H groups in total. The van der Waals surface area contributed by atoms with Gasteiger partial charge in [0.25, 0.3) is 0 Å². The molecule has 0 heterocycles. The number of nitrogen functional groups attached to an aromatic ring is 1. The topological polar surface area (TPSA) is 95.6 Å². The standard InChI is InChI=1S/C18H18Br2N2O3/c1-10(17(24)12-8-11(19)9-13(20)18(12)25)6-7-16(23)22-15-5-3-2-4-14(15)21/h2-10,17,24-25H,21H2,1H3,(H,22,23)/b7-6+/t10-,17-/m1/s1. The second kappa shape index (κ2) is 8.51. The number of phenols is 1. The molecule has 0 aliphatic heterocycles. The van der Waals surface area contributed by atoms with Gasteiger partial charge in [0.05, 0.1) is 22.0 Å². The fraction of sp³-hybridized carbons (Fsp3) is 0.167. The van der Waals surface area contributed by atoms with E-state index >= 15 is 0 Å². The summed E-state index contributed by atoms with van der Waals surface area (Å²) in [7, 11) is 0. The predicted octanol–water partition coefficient (Wildman–Crippen LogP) is 4.36. The summed E-state index contributed by atoms with van der Waals surface area (Å²) in [6.45, 7) is 1.75. The summed E-state index contributed by atoms with van der Waals surface area (Å²) in [6, 6.07) is 10.3. The molecule has 0 unspecified atom stereocenters. The van der Waals surface area contributed by atoms with Crippen molar-refractivity contribution in [3.63, 3.8) is 0 Å². The van der Waals surface area contributed by atoms with Gasteiger partial charge in [0.2, 0.25) is 5.91 Å². The van der Waals surface area contributed by atoms with E-state index in [0.717, 1.165) is 4.47 Å². The molecule has 7 heteroatoms. The first-order valence-electron chi connectivity index (χ1n) is 7.49. The molecule has 2 rings (SSSR count). The summed E-state index contributed by atoms with van der Waals surface area (Å²) < 4.78 is 1.20. The van der Waals surface area contributed by atoms with Crippen LogP contribution in [0.5, 0.6) is 5.75 Å². The number of nitrogens with one attached hydrogen (secondary N) is 1. The smallest absolute Gasteiger partial charge is 0.248 e. The number of hydrogen-bond acceptors (Lipinski definition) is 4. The third-order valence-electron chi connectivity index (χ3n) is 3.64. The van der Waals surface area contributed by atoms with Crippen LogP contribution in [0.1, 0.15) is 18.6 Å². The largest absolute Gasteiger partial charge is 0.506 e. The molecule has 0 spiro atoms. The second-order valence-electron chi connectivity index (χ2n) is 5.57. The zero-order chi connectivity index (χ0) is 18.6. The molecule has 132 valence electrons. The molecule has 0 radical (unpaired) electrons. The molecule has 0 fully saturated rings. The number of halogens is 2. The van der Waals surface area contributed by atoms with Gasteiger partial charge in [-0.1, -0.05) is 41.1 Å². The first kappa shape index (κ1) is 19.5. The average molecular weight is 470 g/mol. The van der Waals surface area contributed by atoms with Gasteiger partial charge < -0.3 is 21.3 Å². The number of anilines is 2. The summed E-state index contributed by atoms with van der Waals surface area (Å²) in [5, 5.41) is 23.2. The van der Waals surface area contributed by atoms with Crippen LogP contribution in [0.2, 0.25) is 0 Å². The zero-order valence-electron chi connectivity index (χ0n) is 13.4. The molecule has 0 bridgehead atoms. The molecular formula is C18H18Br2N2O3. The second-order valence-corrected chi connectivity index (χ2v) is 7.34. The number of carbonyl (C=O) groups is 1. The van der Waals surface area contributed by atoms with E-state index in [1.165, 1.54) is 6.08 Å². The number of para-hydroxylation sites is 2. The van der Waals surface area contributed by atoms with Crippen LogP contribution in [0.4, 0.5) is 11.4 Å². The normalized spacial score (nSPS) is 13.6. The lowest BCUT2D eigenvalue weighted by atomic mass is 9.96. The maximum atomic E-state index is 12.0. The van der Waals surface area contributed by atoms with Crippen molar-refractivity contribution in [1.29, 1.82) is 0 Å². The van der Waals surface area contributed by atoms with Crippen LogP contribution in [0.25, 0.3) is 0 Å². The van der Waals surface area contributed by atoms with Crippen LogP contribution >= 0.6 is 31.9 Å². The van der Waals surface area contributed by atoms with Crippen molar-refractivity contribution in [2.45, 2.75) is 13.0 Å². The first-order chi connectivity index (χ1) is 11.8. The molecule has 25 heavy (non-hydrogen) atoms. The van der Waals surface area contributed by atoms with Crippen molar-refractivity contribution >= 4 is 49.1 Å². The predicted molar refractivity (Wildman–Crippen MR) is 106 cm³/mol. The lowest BCUT2D eigenvalue weighted by molar-refractivity contribution is -0.111. The number of rotatable bonds is 5. The number of aliphatic hydroxyl groups excluding tert-OH is 1. The number of benzene rings is 2. The summed E-state index contributed by atoms with van der Waals surface area (Å²) >= 11 is 6.56. The van der Waals surface area contributed by atoms with Gasteiger partial charge >= 0.3 is 0 Å². The number of aliphatic hydroxyl groups is 1. The highest BCUT2D eigenvalue weighted by atomic mass is 79.9. The van der Waals surface area contributed by atoms with E-state index in [0.29, 0.717) is 21.4 Å². The molecule has 1 amide bonds. The van der Waals surface area contributed by atoms with Crippen LogP contribution in [0.15, 0.2) is 57.5 Å². The minimum Gasteiger partial charge on any atom is -0.506 e. The Balaban J connectivity index is 2.08. The van der Waals surface area contributed by atoms with Crippen LogP contribution < -0.4 is 11.1 Å². The Morgan fingerprint density at radius 1 is 1.28 bits per heavy atom. The van der Waals surface area contributed by atoms with Gasteiger partial charge in [-0.3, -0.25) is 4.79 Å². The Labute approximate surface area is 162 Å². The van der Waals surface area contributed by atoms with E-state index in [-0.39, 0.29) is 11.7 Å². The maximum Gasteiger partial charge on any atom is 0.248 e. The van der Waals surface area contributed by atoms with Crippen molar-refractivity contribution in [2.24, 2.45) is 5.92 Å². The van der Waals surface area contributed by atoms with Crippen LogP contribution in [-0.4, -0.2) is 16.1 Å². The van der Waals surface area contributed by atoms with Crippen molar-refractivity contribution in [3.8, 4) is 5.75 Å². The quantitative estimate of drug-likeness (QED) is 0.386. The van der Waals surface area contributed by atoms with Crippen LogP contribution in [0, 0.1) is 5.92 Å². The highest BCUT2D eigenvalue weighted by Crippen LogP contribution is 2.37. The molecule has 0 aliphatic carbocycles. The SMILES string of the molecule is C[C@H](/C=C/C(=O)Nc1ccccc1N)[C@@H](O)c1cc(Br)cc(Br)c1O. The van der Waals surface area contributed by atoms with Crippen LogP contribution in [0.3, 0.4) is 0 Å². The van der Waals surface area contributed by atoms with Gasteiger partial charge in [-0.05, 0) is 46.3 Å². The lowest BCUT2D eigenvalue weighted by Crippen LogP contribution is -2.12. The third-order valence-corrected chi connectivity index (χ3v) is 4.71. The van der Waals surface area contributed by atoms with Gasteiger partial charge in [-0.2, -0.15) is 0 Å². The fourth-order valence-corrected chi connectivity index (χ4v) is 3.48. The Morgan fingerprint density at radius 2 is 1.96 bits per heavy atom. The minimum atomic E-state index is -0.973. The molecule has 2 aromatic rings. The van der Waals surface area contributed by atoms with Gasteiger partial charge in [0.1, 0.15) is 5.75 Å². The molecule has 0 saturated carbocycles. The Hall–Kier alpha value is -1.83. The third kappa shape index (κ3) is 5.07. The van der Waals surface area contributed by atoms with Crippen molar-refractivity contribution in [1.82, 2.24) is 0 Å². The van der Waals surface area contributed by atoms with Crippen LogP contribution in [-0.2, 0) is 4.79 Å². The number of aromatic hydroxyl groups is 1. The molecule has 0 aromatic heterocycles. The monoisotopic (exact) mass is 468 g/mol. The number of carbonyl (C=O) groups excluding carboxylic acids is 1. The maximum absolute atomic E-state index is 12.0.